The number of nitrogens with two attached hydrogens (primary N) is 1. The van der Waals surface area contributed by atoms with E-state index >= 15 is 0 Å². The van der Waals surface area contributed by atoms with Gasteiger partial charge in [0, 0.05) is 33.3 Å². The first-order chi connectivity index (χ1) is 12.6. The van der Waals surface area contributed by atoms with Crippen LogP contribution in [0, 0.1) is 0 Å². The summed E-state index contributed by atoms with van der Waals surface area (Å²) in [5.41, 5.74) is 7.87. The van der Waals surface area contributed by atoms with Gasteiger partial charge in [-0.3, -0.25) is 4.79 Å². The number of hydrogen-bond acceptors (Lipinski definition) is 6. The Morgan fingerprint density at radius 2 is 2.08 bits per heavy atom. The van der Waals surface area contributed by atoms with E-state index in [0.29, 0.717) is 63.7 Å². The molecule has 1 aromatic rings. The van der Waals surface area contributed by atoms with Crippen LogP contribution in [0.5, 0.6) is 5.75 Å². The van der Waals surface area contributed by atoms with E-state index in [4.69, 9.17) is 19.9 Å². The highest BCUT2D eigenvalue weighted by molar-refractivity contribution is 5.97. The third-order valence-electron chi connectivity index (χ3n) is 4.06. The number of fused-ring (bicyclic) bond motifs is 1. The van der Waals surface area contributed by atoms with Crippen LogP contribution in [0.15, 0.2) is 12.1 Å². The average Bonchev–Trinajstić information content (AvgIpc) is 2.65. The first-order valence-corrected chi connectivity index (χ1v) is 8.78. The molecule has 0 atom stereocenters. The molecule has 1 aliphatic heterocycles. The fourth-order valence-electron chi connectivity index (χ4n) is 2.77. The first-order valence-electron chi connectivity index (χ1n) is 8.78. The maximum absolute atomic E-state index is 12.5. The highest BCUT2D eigenvalue weighted by atomic mass is 16.6. The van der Waals surface area contributed by atoms with E-state index in [9.17, 15) is 9.59 Å². The Bertz CT molecular complexity index is 635. The van der Waals surface area contributed by atoms with Crippen molar-refractivity contribution < 1.29 is 23.8 Å². The molecular formula is C18H27N3O5. The van der Waals surface area contributed by atoms with E-state index < -0.39 is 0 Å². The number of nitrogens with zero attached hydrogens (tertiary/aromatic N) is 1. The Hall–Kier alpha value is -2.32. The minimum absolute atomic E-state index is 0.251. The number of hydrogen-bond donors (Lipinski definition) is 2. The van der Waals surface area contributed by atoms with E-state index in [1.165, 1.54) is 0 Å². The third-order valence-corrected chi connectivity index (χ3v) is 4.06. The van der Waals surface area contributed by atoms with Crippen molar-refractivity contribution in [1.29, 1.82) is 0 Å². The number of carbonyl (C=O) groups is 2. The number of rotatable bonds is 8. The molecule has 3 N–H and O–H groups in total. The summed E-state index contributed by atoms with van der Waals surface area (Å²) in [7, 11) is 1.59. The monoisotopic (exact) mass is 365 g/mol. The molecule has 0 aliphatic carbocycles. The number of nitrogens with one attached hydrogen (secondary N) is 1. The van der Waals surface area contributed by atoms with Crippen molar-refractivity contribution in [3.63, 3.8) is 0 Å². The SMILES string of the molecule is CCOC(=O)N1CCc2cc(OCCOC)c(C(=O)NCCN)cc2C1. The lowest BCUT2D eigenvalue weighted by Crippen LogP contribution is -2.37. The van der Waals surface area contributed by atoms with E-state index in [0.717, 1.165) is 11.1 Å². The summed E-state index contributed by atoms with van der Waals surface area (Å²) in [6.45, 7) is 4.60. The van der Waals surface area contributed by atoms with Gasteiger partial charge < -0.3 is 30.2 Å². The molecule has 0 saturated heterocycles. The van der Waals surface area contributed by atoms with Gasteiger partial charge in [0.1, 0.15) is 12.4 Å². The molecule has 144 valence electrons. The predicted octanol–water partition coefficient (Wildman–Crippen LogP) is 0.915. The van der Waals surface area contributed by atoms with Crippen molar-refractivity contribution in [2.24, 2.45) is 5.73 Å². The number of benzene rings is 1. The quantitative estimate of drug-likeness (QED) is 0.664. The van der Waals surface area contributed by atoms with Gasteiger partial charge >= 0.3 is 6.09 Å². The molecule has 0 aromatic heterocycles. The summed E-state index contributed by atoms with van der Waals surface area (Å²) in [6.07, 6.45) is 0.340. The van der Waals surface area contributed by atoms with Crippen molar-refractivity contribution in [2.75, 3.05) is 46.6 Å². The summed E-state index contributed by atoms with van der Waals surface area (Å²) in [5.74, 6) is 0.263. The Kier molecular flexibility index (Phi) is 7.68. The molecule has 8 nitrogen and oxygen atoms in total. The summed E-state index contributed by atoms with van der Waals surface area (Å²) in [5, 5.41) is 2.76. The first kappa shape index (κ1) is 20.0. The van der Waals surface area contributed by atoms with Crippen molar-refractivity contribution in [3.05, 3.63) is 28.8 Å². The van der Waals surface area contributed by atoms with Crippen molar-refractivity contribution in [1.82, 2.24) is 10.2 Å². The largest absolute Gasteiger partial charge is 0.490 e. The maximum atomic E-state index is 12.5. The van der Waals surface area contributed by atoms with Crippen LogP contribution >= 0.6 is 0 Å². The second-order valence-electron chi connectivity index (χ2n) is 5.87. The Morgan fingerprint density at radius 1 is 1.27 bits per heavy atom. The smallest absolute Gasteiger partial charge is 0.410 e. The second kappa shape index (κ2) is 9.98. The summed E-state index contributed by atoms with van der Waals surface area (Å²) >= 11 is 0. The number of amides is 2. The number of methoxy groups -OCH3 is 1. The van der Waals surface area contributed by atoms with Gasteiger partial charge in [-0.1, -0.05) is 0 Å². The third kappa shape index (κ3) is 5.09. The van der Waals surface area contributed by atoms with Crippen molar-refractivity contribution in [2.45, 2.75) is 19.9 Å². The van der Waals surface area contributed by atoms with Crippen LogP contribution in [0.25, 0.3) is 0 Å². The maximum Gasteiger partial charge on any atom is 0.410 e. The zero-order valence-corrected chi connectivity index (χ0v) is 15.4. The topological polar surface area (TPSA) is 103 Å². The zero-order chi connectivity index (χ0) is 18.9. The normalized spacial score (nSPS) is 13.1. The molecule has 0 fully saturated rings. The van der Waals surface area contributed by atoms with Crippen LogP contribution in [0.2, 0.25) is 0 Å². The molecule has 0 spiro atoms. The number of carbonyl (C=O) groups excluding carboxylic acids is 2. The molecule has 26 heavy (non-hydrogen) atoms. The number of ether oxygens (including phenoxy) is 3. The fraction of sp³-hybridized carbons (Fsp3) is 0.556. The minimum Gasteiger partial charge on any atom is -0.490 e. The van der Waals surface area contributed by atoms with Gasteiger partial charge in [0.15, 0.2) is 0 Å². The molecule has 2 rings (SSSR count). The molecule has 8 heteroatoms. The van der Waals surface area contributed by atoms with E-state index in [1.54, 1.807) is 25.0 Å². The molecule has 0 radical (unpaired) electrons. The van der Waals surface area contributed by atoms with E-state index in [-0.39, 0.29) is 12.0 Å². The molecule has 1 aliphatic rings. The van der Waals surface area contributed by atoms with E-state index in [1.807, 2.05) is 6.07 Å². The average molecular weight is 365 g/mol. The minimum atomic E-state index is -0.340. The van der Waals surface area contributed by atoms with Gasteiger partial charge in [-0.25, -0.2) is 4.79 Å². The van der Waals surface area contributed by atoms with Gasteiger partial charge in [-0.05, 0) is 36.6 Å². The lowest BCUT2D eigenvalue weighted by Gasteiger charge is -2.29. The lowest BCUT2D eigenvalue weighted by atomic mass is 9.96. The van der Waals surface area contributed by atoms with E-state index in [2.05, 4.69) is 5.32 Å². The van der Waals surface area contributed by atoms with Crippen LogP contribution in [0.4, 0.5) is 4.79 Å². The van der Waals surface area contributed by atoms with Crippen molar-refractivity contribution >= 4 is 12.0 Å². The van der Waals surface area contributed by atoms with Gasteiger partial charge in [-0.15, -0.1) is 0 Å². The van der Waals surface area contributed by atoms with Crippen molar-refractivity contribution in [3.8, 4) is 5.75 Å². The highest BCUT2D eigenvalue weighted by Gasteiger charge is 2.25. The molecule has 1 heterocycles. The van der Waals surface area contributed by atoms with Crippen LogP contribution < -0.4 is 15.8 Å². The van der Waals surface area contributed by atoms with Crippen LogP contribution in [-0.2, 0) is 22.4 Å². The molecule has 0 unspecified atom stereocenters. The molecular weight excluding hydrogens is 338 g/mol. The van der Waals surface area contributed by atoms with Gasteiger partial charge in [0.25, 0.3) is 5.91 Å². The van der Waals surface area contributed by atoms with Crippen LogP contribution in [-0.4, -0.2) is 63.5 Å². The second-order valence-corrected chi connectivity index (χ2v) is 5.87. The Morgan fingerprint density at radius 3 is 2.77 bits per heavy atom. The summed E-state index contributed by atoms with van der Waals surface area (Å²) < 4.78 is 15.8. The standard InChI is InChI=1S/C18H27N3O5/c1-3-25-18(23)21-7-4-13-11-16(26-9-8-24-2)15(10-14(13)12-21)17(22)20-6-5-19/h10-11H,3-9,12,19H2,1-2H3,(H,20,22). The molecule has 0 bridgehead atoms. The van der Waals surface area contributed by atoms with Gasteiger partial charge in [0.2, 0.25) is 0 Å². The molecule has 1 aromatic carbocycles. The van der Waals surface area contributed by atoms with Gasteiger partial charge in [0.05, 0.1) is 18.8 Å². The lowest BCUT2D eigenvalue weighted by molar-refractivity contribution is 0.0946. The summed E-state index contributed by atoms with van der Waals surface area (Å²) in [4.78, 5) is 26.1. The zero-order valence-electron chi connectivity index (χ0n) is 15.4. The highest BCUT2D eigenvalue weighted by Crippen LogP contribution is 2.28. The van der Waals surface area contributed by atoms with Crippen LogP contribution in [0.1, 0.15) is 28.4 Å². The fourth-order valence-corrected chi connectivity index (χ4v) is 2.77. The predicted molar refractivity (Wildman–Crippen MR) is 96.3 cm³/mol. The van der Waals surface area contributed by atoms with Gasteiger partial charge in [-0.2, -0.15) is 0 Å². The molecule has 0 saturated carbocycles. The Labute approximate surface area is 153 Å². The summed E-state index contributed by atoms with van der Waals surface area (Å²) in [6, 6.07) is 3.67. The molecule has 2 amide bonds. The van der Waals surface area contributed by atoms with Crippen LogP contribution in [0.3, 0.4) is 0 Å². The Balaban J connectivity index is 2.25.